The van der Waals surface area contributed by atoms with Gasteiger partial charge in [-0.15, -0.1) is 0 Å². The van der Waals surface area contributed by atoms with Crippen LogP contribution in [-0.2, 0) is 4.79 Å². The molecule has 1 rings (SSSR count). The minimum atomic E-state index is -1.13. The Kier molecular flexibility index (Phi) is 4.07. The second-order valence-corrected chi connectivity index (χ2v) is 4.30. The zero-order chi connectivity index (χ0) is 11.5. The summed E-state index contributed by atoms with van der Waals surface area (Å²) < 4.78 is 0. The minimum Gasteiger partial charge on any atom is -0.394 e. The second-order valence-electron chi connectivity index (χ2n) is 4.30. The first kappa shape index (κ1) is 12.4. The number of hydrogen-bond acceptors (Lipinski definition) is 4. The van der Waals surface area contributed by atoms with Crippen LogP contribution in [-0.4, -0.2) is 65.7 Å². The van der Waals surface area contributed by atoms with Gasteiger partial charge in [0.1, 0.15) is 5.54 Å². The highest BCUT2D eigenvalue weighted by atomic mass is 16.3. The van der Waals surface area contributed by atoms with Crippen molar-refractivity contribution in [2.75, 3.05) is 39.3 Å². The maximum absolute atomic E-state index is 11.9. The Morgan fingerprint density at radius 3 is 2.33 bits per heavy atom. The van der Waals surface area contributed by atoms with Crippen molar-refractivity contribution in [2.45, 2.75) is 19.4 Å². The third-order valence-electron chi connectivity index (χ3n) is 2.92. The first-order valence-electron chi connectivity index (χ1n) is 5.42. The number of carbonyl (C=O) groups excluding carboxylic acids is 1. The lowest BCUT2D eigenvalue weighted by Gasteiger charge is -2.37. The van der Waals surface area contributed by atoms with Gasteiger partial charge in [-0.2, -0.15) is 0 Å². The molecule has 0 aromatic heterocycles. The van der Waals surface area contributed by atoms with E-state index in [0.29, 0.717) is 13.1 Å². The number of rotatable bonds is 3. The summed E-state index contributed by atoms with van der Waals surface area (Å²) in [5.41, 5.74) is 4.57. The standard InChI is InChI=1S/C10H21N3O2/c1-3-12-4-6-13(7-5-12)9(15)10(2,11)8-14/h14H,3-8,11H2,1-2H3. The molecule has 0 aliphatic carbocycles. The molecule has 0 bridgehead atoms. The predicted octanol–water partition coefficient (Wildman–Crippen LogP) is -1.14. The minimum absolute atomic E-state index is 0.152. The summed E-state index contributed by atoms with van der Waals surface area (Å²) in [7, 11) is 0. The van der Waals surface area contributed by atoms with Crippen molar-refractivity contribution >= 4 is 5.91 Å². The Hall–Kier alpha value is -0.650. The van der Waals surface area contributed by atoms with Gasteiger partial charge in [0.25, 0.3) is 0 Å². The van der Waals surface area contributed by atoms with Gasteiger partial charge in [0.05, 0.1) is 6.61 Å². The quantitative estimate of drug-likeness (QED) is 0.624. The molecule has 0 saturated carbocycles. The van der Waals surface area contributed by atoms with Gasteiger partial charge in [-0.3, -0.25) is 4.79 Å². The van der Waals surface area contributed by atoms with Gasteiger partial charge in [-0.25, -0.2) is 0 Å². The fraction of sp³-hybridized carbons (Fsp3) is 0.900. The number of aliphatic hydroxyl groups excluding tert-OH is 1. The van der Waals surface area contributed by atoms with Gasteiger partial charge in [0, 0.05) is 26.2 Å². The summed E-state index contributed by atoms with van der Waals surface area (Å²) in [4.78, 5) is 15.9. The SMILES string of the molecule is CCN1CCN(C(=O)C(C)(N)CO)CC1. The molecule has 5 heteroatoms. The number of carbonyl (C=O) groups is 1. The summed E-state index contributed by atoms with van der Waals surface area (Å²) in [5.74, 6) is -0.152. The van der Waals surface area contributed by atoms with Crippen LogP contribution in [0.2, 0.25) is 0 Å². The zero-order valence-electron chi connectivity index (χ0n) is 9.57. The molecule has 15 heavy (non-hydrogen) atoms. The van der Waals surface area contributed by atoms with Crippen LogP contribution in [0.5, 0.6) is 0 Å². The van der Waals surface area contributed by atoms with Gasteiger partial charge in [-0.1, -0.05) is 6.92 Å². The molecule has 1 amide bonds. The van der Waals surface area contributed by atoms with Crippen LogP contribution in [0.4, 0.5) is 0 Å². The lowest BCUT2D eigenvalue weighted by molar-refractivity contribution is -0.139. The highest BCUT2D eigenvalue weighted by Gasteiger charge is 2.33. The van der Waals surface area contributed by atoms with Crippen molar-refractivity contribution in [3.8, 4) is 0 Å². The average molecular weight is 215 g/mol. The maximum Gasteiger partial charge on any atom is 0.244 e. The number of hydrogen-bond donors (Lipinski definition) is 2. The monoisotopic (exact) mass is 215 g/mol. The van der Waals surface area contributed by atoms with Crippen molar-refractivity contribution in [1.82, 2.24) is 9.80 Å². The summed E-state index contributed by atoms with van der Waals surface area (Å²) >= 11 is 0. The molecule has 0 radical (unpaired) electrons. The molecule has 1 atom stereocenters. The van der Waals surface area contributed by atoms with E-state index in [0.717, 1.165) is 19.6 Å². The van der Waals surface area contributed by atoms with Crippen LogP contribution in [0.25, 0.3) is 0 Å². The molecular weight excluding hydrogens is 194 g/mol. The molecule has 3 N–H and O–H groups in total. The van der Waals surface area contributed by atoms with Crippen LogP contribution in [0, 0.1) is 0 Å². The van der Waals surface area contributed by atoms with Gasteiger partial charge < -0.3 is 20.6 Å². The summed E-state index contributed by atoms with van der Waals surface area (Å²) in [5, 5.41) is 9.01. The molecule has 1 unspecified atom stereocenters. The van der Waals surface area contributed by atoms with E-state index >= 15 is 0 Å². The van der Waals surface area contributed by atoms with Gasteiger partial charge in [0.2, 0.25) is 5.91 Å². The lowest BCUT2D eigenvalue weighted by atomic mass is 10.0. The number of amides is 1. The Morgan fingerprint density at radius 1 is 1.40 bits per heavy atom. The topological polar surface area (TPSA) is 69.8 Å². The molecule has 1 heterocycles. The first-order chi connectivity index (χ1) is 7.01. The Labute approximate surface area is 90.8 Å². The molecule has 1 aliphatic rings. The number of nitrogens with two attached hydrogens (primary N) is 1. The molecule has 88 valence electrons. The van der Waals surface area contributed by atoms with E-state index in [1.807, 2.05) is 0 Å². The normalized spacial score (nSPS) is 22.5. The molecule has 1 fully saturated rings. The molecule has 0 spiro atoms. The average Bonchev–Trinajstić information content (AvgIpc) is 2.28. The van der Waals surface area contributed by atoms with E-state index in [-0.39, 0.29) is 12.5 Å². The Morgan fingerprint density at radius 2 is 1.93 bits per heavy atom. The highest BCUT2D eigenvalue weighted by molar-refractivity contribution is 5.85. The third kappa shape index (κ3) is 2.90. The van der Waals surface area contributed by atoms with Crippen molar-refractivity contribution in [3.63, 3.8) is 0 Å². The van der Waals surface area contributed by atoms with Crippen LogP contribution in [0.3, 0.4) is 0 Å². The van der Waals surface area contributed by atoms with Crippen molar-refractivity contribution in [3.05, 3.63) is 0 Å². The molecule has 0 aromatic rings. The number of likely N-dealkylation sites (N-methyl/N-ethyl adjacent to an activating group) is 1. The van der Waals surface area contributed by atoms with Gasteiger partial charge >= 0.3 is 0 Å². The maximum atomic E-state index is 11.9. The van der Waals surface area contributed by atoms with E-state index in [1.54, 1.807) is 11.8 Å². The van der Waals surface area contributed by atoms with Crippen LogP contribution < -0.4 is 5.73 Å². The molecule has 1 saturated heterocycles. The molecular formula is C10H21N3O2. The highest BCUT2D eigenvalue weighted by Crippen LogP contribution is 2.08. The second kappa shape index (κ2) is 4.92. The molecule has 0 aromatic carbocycles. The third-order valence-corrected chi connectivity index (χ3v) is 2.92. The van der Waals surface area contributed by atoms with Crippen molar-refractivity contribution in [1.29, 1.82) is 0 Å². The largest absolute Gasteiger partial charge is 0.394 e. The van der Waals surface area contributed by atoms with Gasteiger partial charge in [0.15, 0.2) is 0 Å². The van der Waals surface area contributed by atoms with Crippen molar-refractivity contribution in [2.24, 2.45) is 5.73 Å². The number of piperazine rings is 1. The molecule has 1 aliphatic heterocycles. The smallest absolute Gasteiger partial charge is 0.244 e. The van der Waals surface area contributed by atoms with Crippen LogP contribution >= 0.6 is 0 Å². The van der Waals surface area contributed by atoms with E-state index < -0.39 is 5.54 Å². The van der Waals surface area contributed by atoms with Crippen LogP contribution in [0.1, 0.15) is 13.8 Å². The Balaban J connectivity index is 2.50. The lowest BCUT2D eigenvalue weighted by Crippen LogP contribution is -2.59. The van der Waals surface area contributed by atoms with Crippen LogP contribution in [0.15, 0.2) is 0 Å². The van der Waals surface area contributed by atoms with E-state index in [4.69, 9.17) is 10.8 Å². The number of aliphatic hydroxyl groups is 1. The van der Waals surface area contributed by atoms with Gasteiger partial charge in [-0.05, 0) is 13.5 Å². The van der Waals surface area contributed by atoms with E-state index in [9.17, 15) is 4.79 Å². The first-order valence-corrected chi connectivity index (χ1v) is 5.42. The van der Waals surface area contributed by atoms with E-state index in [1.165, 1.54) is 0 Å². The summed E-state index contributed by atoms with van der Waals surface area (Å²) in [6.45, 7) is 7.59. The summed E-state index contributed by atoms with van der Waals surface area (Å²) in [6.07, 6.45) is 0. The predicted molar refractivity (Wildman–Crippen MR) is 58.4 cm³/mol. The van der Waals surface area contributed by atoms with E-state index in [2.05, 4.69) is 11.8 Å². The Bertz CT molecular complexity index is 223. The molecule has 5 nitrogen and oxygen atoms in total. The summed E-state index contributed by atoms with van der Waals surface area (Å²) in [6, 6.07) is 0. The zero-order valence-corrected chi connectivity index (χ0v) is 9.57. The fourth-order valence-corrected chi connectivity index (χ4v) is 1.70. The van der Waals surface area contributed by atoms with Crippen molar-refractivity contribution < 1.29 is 9.90 Å². The number of nitrogens with zero attached hydrogens (tertiary/aromatic N) is 2. The fourth-order valence-electron chi connectivity index (χ4n) is 1.70.